The number of halogens is 1. The van der Waals surface area contributed by atoms with Gasteiger partial charge in [-0.3, -0.25) is 9.69 Å². The van der Waals surface area contributed by atoms with E-state index in [2.05, 4.69) is 16.8 Å². The molecule has 0 aromatic heterocycles. The topological polar surface area (TPSA) is 41.6 Å². The number of ether oxygens (including phenoxy) is 1. The molecule has 1 aliphatic rings. The molecular formula is C22H25ClN2O2. The van der Waals surface area contributed by atoms with E-state index in [9.17, 15) is 4.79 Å². The highest BCUT2D eigenvalue weighted by atomic mass is 35.5. The molecule has 1 unspecified atom stereocenters. The standard InChI is InChI=1S/C22H25ClN2O2/c1-2-14-27-20-11-9-19(10-12-20)24-22(26)18-7-5-13-25(16-18)15-17-6-3-4-8-21(17)23/h2-4,6,8-12,18H,1,5,7,13-16H2,(H,24,26). The van der Waals surface area contributed by atoms with E-state index in [1.165, 1.54) is 0 Å². The minimum atomic E-state index is -0.0158. The highest BCUT2D eigenvalue weighted by molar-refractivity contribution is 6.31. The van der Waals surface area contributed by atoms with E-state index in [1.54, 1.807) is 6.08 Å². The summed E-state index contributed by atoms with van der Waals surface area (Å²) in [6, 6.07) is 15.3. The number of anilines is 1. The third-order valence-corrected chi connectivity index (χ3v) is 5.09. The van der Waals surface area contributed by atoms with Crippen LogP contribution < -0.4 is 10.1 Å². The lowest BCUT2D eigenvalue weighted by atomic mass is 9.96. The third kappa shape index (κ3) is 5.59. The molecule has 0 saturated carbocycles. The zero-order chi connectivity index (χ0) is 19.1. The van der Waals surface area contributed by atoms with Crippen LogP contribution in [0.25, 0.3) is 0 Å². The summed E-state index contributed by atoms with van der Waals surface area (Å²) in [6.07, 6.45) is 3.62. The van der Waals surface area contributed by atoms with Crippen molar-refractivity contribution in [2.45, 2.75) is 19.4 Å². The lowest BCUT2D eigenvalue weighted by molar-refractivity contribution is -0.121. The molecular weight excluding hydrogens is 360 g/mol. The summed E-state index contributed by atoms with van der Waals surface area (Å²) in [7, 11) is 0. The highest BCUT2D eigenvalue weighted by Crippen LogP contribution is 2.23. The van der Waals surface area contributed by atoms with Gasteiger partial charge in [0.15, 0.2) is 0 Å². The van der Waals surface area contributed by atoms with E-state index in [1.807, 2.05) is 48.5 Å². The monoisotopic (exact) mass is 384 g/mol. The smallest absolute Gasteiger partial charge is 0.228 e. The fourth-order valence-corrected chi connectivity index (χ4v) is 3.51. The zero-order valence-corrected chi connectivity index (χ0v) is 16.1. The number of hydrogen-bond donors (Lipinski definition) is 1. The SMILES string of the molecule is C=CCOc1ccc(NC(=O)C2CCCN(Cc3ccccc3Cl)C2)cc1. The minimum absolute atomic E-state index is 0.0158. The van der Waals surface area contributed by atoms with E-state index < -0.39 is 0 Å². The van der Waals surface area contributed by atoms with Crippen LogP contribution >= 0.6 is 11.6 Å². The number of piperidine rings is 1. The number of hydrogen-bond acceptors (Lipinski definition) is 3. The first-order chi connectivity index (χ1) is 13.2. The van der Waals surface area contributed by atoms with Gasteiger partial charge < -0.3 is 10.1 Å². The molecule has 1 atom stereocenters. The molecule has 0 bridgehead atoms. The van der Waals surface area contributed by atoms with Gasteiger partial charge in [0.2, 0.25) is 5.91 Å². The van der Waals surface area contributed by atoms with Crippen molar-refractivity contribution in [3.05, 3.63) is 71.8 Å². The summed E-state index contributed by atoms with van der Waals surface area (Å²) in [5, 5.41) is 3.80. The first-order valence-electron chi connectivity index (χ1n) is 9.26. The predicted octanol–water partition coefficient (Wildman–Crippen LogP) is 4.76. The van der Waals surface area contributed by atoms with Crippen molar-refractivity contribution < 1.29 is 9.53 Å². The quantitative estimate of drug-likeness (QED) is 0.700. The van der Waals surface area contributed by atoms with Crippen molar-refractivity contribution in [3.63, 3.8) is 0 Å². The molecule has 0 aliphatic carbocycles. The molecule has 1 fully saturated rings. The zero-order valence-electron chi connectivity index (χ0n) is 15.4. The Labute approximate surface area is 165 Å². The average Bonchev–Trinajstić information content (AvgIpc) is 2.69. The second-order valence-electron chi connectivity index (χ2n) is 6.78. The first kappa shape index (κ1) is 19.5. The first-order valence-corrected chi connectivity index (χ1v) is 9.64. The van der Waals surface area contributed by atoms with Crippen LogP contribution in [0.4, 0.5) is 5.69 Å². The van der Waals surface area contributed by atoms with Gasteiger partial charge >= 0.3 is 0 Å². The van der Waals surface area contributed by atoms with Crippen LogP contribution in [0.1, 0.15) is 18.4 Å². The Hall–Kier alpha value is -2.30. The number of likely N-dealkylation sites (tertiary alicyclic amines) is 1. The fourth-order valence-electron chi connectivity index (χ4n) is 3.31. The number of carbonyl (C=O) groups is 1. The Morgan fingerprint density at radius 1 is 1.26 bits per heavy atom. The molecule has 1 saturated heterocycles. The Bertz CT molecular complexity index is 776. The Balaban J connectivity index is 1.55. The number of nitrogens with one attached hydrogen (secondary N) is 1. The lowest BCUT2D eigenvalue weighted by Crippen LogP contribution is -2.40. The Morgan fingerprint density at radius 3 is 2.78 bits per heavy atom. The summed E-state index contributed by atoms with van der Waals surface area (Å²) in [5.74, 6) is 0.813. The number of carbonyl (C=O) groups excluding carboxylic acids is 1. The molecule has 1 aliphatic heterocycles. The molecule has 1 amide bonds. The van der Waals surface area contributed by atoms with Crippen LogP contribution in [-0.2, 0) is 11.3 Å². The van der Waals surface area contributed by atoms with Gasteiger partial charge in [-0.05, 0) is 55.3 Å². The molecule has 5 heteroatoms. The second-order valence-corrected chi connectivity index (χ2v) is 7.19. The average molecular weight is 385 g/mol. The molecule has 2 aromatic carbocycles. The van der Waals surface area contributed by atoms with E-state index >= 15 is 0 Å². The third-order valence-electron chi connectivity index (χ3n) is 4.72. The van der Waals surface area contributed by atoms with E-state index in [-0.39, 0.29) is 11.8 Å². The maximum Gasteiger partial charge on any atom is 0.228 e. The summed E-state index contributed by atoms with van der Waals surface area (Å²) >= 11 is 6.27. The van der Waals surface area contributed by atoms with Gasteiger partial charge in [-0.1, -0.05) is 42.5 Å². The van der Waals surface area contributed by atoms with Gasteiger partial charge in [-0.25, -0.2) is 0 Å². The van der Waals surface area contributed by atoms with Crippen molar-refractivity contribution in [2.75, 3.05) is 25.0 Å². The molecule has 2 aromatic rings. The van der Waals surface area contributed by atoms with Gasteiger partial charge in [0.25, 0.3) is 0 Å². The number of rotatable bonds is 7. The summed E-state index contributed by atoms with van der Waals surface area (Å²) in [5.41, 5.74) is 1.89. The molecule has 4 nitrogen and oxygen atoms in total. The van der Waals surface area contributed by atoms with Crippen molar-refractivity contribution in [3.8, 4) is 5.75 Å². The summed E-state index contributed by atoms with van der Waals surface area (Å²) < 4.78 is 5.46. The van der Waals surface area contributed by atoms with Crippen LogP contribution in [0.2, 0.25) is 5.02 Å². The highest BCUT2D eigenvalue weighted by Gasteiger charge is 2.26. The van der Waals surface area contributed by atoms with Crippen LogP contribution in [0.3, 0.4) is 0 Å². The molecule has 1 N–H and O–H groups in total. The van der Waals surface area contributed by atoms with Crippen molar-refractivity contribution in [1.82, 2.24) is 4.90 Å². The molecule has 27 heavy (non-hydrogen) atoms. The maximum absolute atomic E-state index is 12.7. The normalized spacial score (nSPS) is 17.3. The summed E-state index contributed by atoms with van der Waals surface area (Å²) in [6.45, 7) is 6.61. The molecule has 3 rings (SSSR count). The molecule has 1 heterocycles. The Morgan fingerprint density at radius 2 is 2.04 bits per heavy atom. The van der Waals surface area contributed by atoms with Gasteiger partial charge in [0.05, 0.1) is 5.92 Å². The lowest BCUT2D eigenvalue weighted by Gasteiger charge is -2.32. The van der Waals surface area contributed by atoms with Crippen LogP contribution in [0.15, 0.2) is 61.2 Å². The van der Waals surface area contributed by atoms with Gasteiger partial charge in [-0.2, -0.15) is 0 Å². The maximum atomic E-state index is 12.7. The largest absolute Gasteiger partial charge is 0.490 e. The Kier molecular flexibility index (Phi) is 6.91. The van der Waals surface area contributed by atoms with Crippen LogP contribution in [0, 0.1) is 5.92 Å². The predicted molar refractivity (Wildman–Crippen MR) is 110 cm³/mol. The molecule has 0 radical (unpaired) electrons. The van der Waals surface area contributed by atoms with Crippen molar-refractivity contribution in [1.29, 1.82) is 0 Å². The van der Waals surface area contributed by atoms with Crippen molar-refractivity contribution in [2.24, 2.45) is 5.92 Å². The van der Waals surface area contributed by atoms with E-state index in [0.717, 1.165) is 54.5 Å². The van der Waals surface area contributed by atoms with E-state index in [4.69, 9.17) is 16.3 Å². The van der Waals surface area contributed by atoms with Gasteiger partial charge in [0, 0.05) is 23.8 Å². The van der Waals surface area contributed by atoms with Crippen LogP contribution in [-0.4, -0.2) is 30.5 Å². The fraction of sp³-hybridized carbons (Fsp3) is 0.318. The van der Waals surface area contributed by atoms with Crippen LogP contribution in [0.5, 0.6) is 5.75 Å². The molecule has 0 spiro atoms. The van der Waals surface area contributed by atoms with Crippen molar-refractivity contribution >= 4 is 23.2 Å². The van der Waals surface area contributed by atoms with Gasteiger partial charge in [-0.15, -0.1) is 0 Å². The summed E-state index contributed by atoms with van der Waals surface area (Å²) in [4.78, 5) is 15.0. The number of benzene rings is 2. The molecule has 142 valence electrons. The van der Waals surface area contributed by atoms with Gasteiger partial charge in [0.1, 0.15) is 12.4 Å². The second kappa shape index (κ2) is 9.58. The minimum Gasteiger partial charge on any atom is -0.490 e. The number of nitrogens with zero attached hydrogens (tertiary/aromatic N) is 1. The number of amides is 1. The van der Waals surface area contributed by atoms with E-state index in [0.29, 0.717) is 6.61 Å².